The molecule has 1 N–H and O–H groups in total. The standard InChI is InChI=1S/C11H14N2O7S2/c1-13-10-5-8(3-4-9(10)6-12-13)11(20-22(16,17)18)7-19-21(2,14)15/h3-6,11H,7H2,1-2H3,(H,16,17,18)/t11-/m1/s1. The van der Waals surface area contributed by atoms with E-state index in [9.17, 15) is 16.8 Å². The molecule has 0 aliphatic heterocycles. The molecule has 11 heteroatoms. The molecule has 0 radical (unpaired) electrons. The Morgan fingerprint density at radius 1 is 1.32 bits per heavy atom. The van der Waals surface area contributed by atoms with Gasteiger partial charge < -0.3 is 0 Å². The van der Waals surface area contributed by atoms with Gasteiger partial charge in [0.1, 0.15) is 6.10 Å². The van der Waals surface area contributed by atoms with Crippen molar-refractivity contribution in [1.82, 2.24) is 9.78 Å². The van der Waals surface area contributed by atoms with Crippen molar-refractivity contribution in [2.24, 2.45) is 7.05 Å². The van der Waals surface area contributed by atoms with Crippen LogP contribution < -0.4 is 0 Å². The monoisotopic (exact) mass is 350 g/mol. The number of rotatable bonds is 6. The van der Waals surface area contributed by atoms with Crippen molar-refractivity contribution < 1.29 is 29.8 Å². The second kappa shape index (κ2) is 5.93. The smallest absolute Gasteiger partial charge is 0.268 e. The van der Waals surface area contributed by atoms with Crippen molar-refractivity contribution in [3.05, 3.63) is 30.0 Å². The maximum Gasteiger partial charge on any atom is 0.398 e. The van der Waals surface area contributed by atoms with E-state index >= 15 is 0 Å². The molecule has 22 heavy (non-hydrogen) atoms. The number of hydrogen-bond donors (Lipinski definition) is 1. The predicted octanol–water partition coefficient (Wildman–Crippen LogP) is 0.410. The highest BCUT2D eigenvalue weighted by molar-refractivity contribution is 7.86. The highest BCUT2D eigenvalue weighted by Gasteiger charge is 2.22. The van der Waals surface area contributed by atoms with Crippen LogP contribution in [0.1, 0.15) is 11.7 Å². The van der Waals surface area contributed by atoms with Gasteiger partial charge in [-0.25, -0.2) is 4.18 Å². The summed E-state index contributed by atoms with van der Waals surface area (Å²) in [5.74, 6) is 0. The number of hydrogen-bond acceptors (Lipinski definition) is 7. The van der Waals surface area contributed by atoms with Crippen LogP contribution in [0, 0.1) is 0 Å². The minimum atomic E-state index is -4.79. The van der Waals surface area contributed by atoms with Gasteiger partial charge in [-0.05, 0) is 11.6 Å². The van der Waals surface area contributed by atoms with Crippen LogP contribution in [0.2, 0.25) is 0 Å². The molecule has 2 aromatic rings. The Bertz CT molecular complexity index is 886. The molecule has 0 fully saturated rings. The molecule has 122 valence electrons. The van der Waals surface area contributed by atoms with Gasteiger partial charge in [-0.3, -0.25) is 13.4 Å². The minimum Gasteiger partial charge on any atom is -0.268 e. The molecule has 1 aromatic heterocycles. The fourth-order valence-electron chi connectivity index (χ4n) is 1.87. The molecular formula is C11H14N2O7S2. The fraction of sp³-hybridized carbons (Fsp3) is 0.364. The molecule has 1 atom stereocenters. The third-order valence-electron chi connectivity index (χ3n) is 2.82. The first-order valence-electron chi connectivity index (χ1n) is 5.97. The Morgan fingerprint density at radius 2 is 2.00 bits per heavy atom. The van der Waals surface area contributed by atoms with Crippen molar-refractivity contribution in [2.75, 3.05) is 12.9 Å². The third kappa shape index (κ3) is 4.48. The van der Waals surface area contributed by atoms with E-state index < -0.39 is 33.2 Å². The normalized spacial score (nSPS) is 14.3. The van der Waals surface area contributed by atoms with Gasteiger partial charge in [0.15, 0.2) is 0 Å². The first kappa shape index (κ1) is 16.8. The lowest BCUT2D eigenvalue weighted by Crippen LogP contribution is -2.18. The molecule has 0 bridgehead atoms. The Morgan fingerprint density at radius 3 is 2.59 bits per heavy atom. The number of benzene rings is 1. The van der Waals surface area contributed by atoms with Crippen LogP contribution in [0.4, 0.5) is 0 Å². The molecule has 1 heterocycles. The highest BCUT2D eigenvalue weighted by Crippen LogP contribution is 2.24. The molecule has 1 aromatic carbocycles. The summed E-state index contributed by atoms with van der Waals surface area (Å²) in [5, 5.41) is 4.84. The zero-order valence-corrected chi connectivity index (χ0v) is 13.3. The van der Waals surface area contributed by atoms with E-state index in [4.69, 9.17) is 4.55 Å². The maximum absolute atomic E-state index is 11.1. The van der Waals surface area contributed by atoms with E-state index in [1.54, 1.807) is 30.1 Å². The Kier molecular flexibility index (Phi) is 4.54. The molecule has 2 rings (SSSR count). The lowest BCUT2D eigenvalue weighted by Gasteiger charge is -2.15. The SMILES string of the molecule is Cn1ncc2ccc([C@@H](COS(C)(=O)=O)OS(=O)(=O)O)cc21. The summed E-state index contributed by atoms with van der Waals surface area (Å²) in [5.41, 5.74) is 0.998. The molecular weight excluding hydrogens is 336 g/mol. The zero-order valence-electron chi connectivity index (χ0n) is 11.7. The van der Waals surface area contributed by atoms with Gasteiger partial charge in [0, 0.05) is 12.4 Å². The number of aromatic nitrogens is 2. The summed E-state index contributed by atoms with van der Waals surface area (Å²) in [6, 6.07) is 4.77. The lowest BCUT2D eigenvalue weighted by atomic mass is 10.1. The molecule has 0 unspecified atom stereocenters. The van der Waals surface area contributed by atoms with E-state index in [1.807, 2.05) is 0 Å². The average molecular weight is 350 g/mol. The largest absolute Gasteiger partial charge is 0.398 e. The molecule has 0 spiro atoms. The van der Waals surface area contributed by atoms with E-state index in [2.05, 4.69) is 13.5 Å². The van der Waals surface area contributed by atoms with Crippen LogP contribution in [0.5, 0.6) is 0 Å². The summed E-state index contributed by atoms with van der Waals surface area (Å²) in [4.78, 5) is 0. The van der Waals surface area contributed by atoms with E-state index in [0.29, 0.717) is 11.1 Å². The zero-order chi connectivity index (χ0) is 16.5. The van der Waals surface area contributed by atoms with Crippen LogP contribution >= 0.6 is 0 Å². The quantitative estimate of drug-likeness (QED) is 0.586. The van der Waals surface area contributed by atoms with Crippen molar-refractivity contribution in [2.45, 2.75) is 6.10 Å². The fourth-order valence-corrected chi connectivity index (χ4v) is 2.70. The van der Waals surface area contributed by atoms with Gasteiger partial charge in [-0.2, -0.15) is 21.9 Å². The molecule has 0 aliphatic carbocycles. The second-order valence-electron chi connectivity index (χ2n) is 4.59. The van der Waals surface area contributed by atoms with Gasteiger partial charge in [-0.15, -0.1) is 0 Å². The van der Waals surface area contributed by atoms with Crippen molar-refractivity contribution in [3.63, 3.8) is 0 Å². The van der Waals surface area contributed by atoms with E-state index in [1.165, 1.54) is 6.07 Å². The van der Waals surface area contributed by atoms with Crippen LogP contribution in [0.25, 0.3) is 10.9 Å². The van der Waals surface area contributed by atoms with Gasteiger partial charge in [0.05, 0.1) is 24.6 Å². The Labute approximate surface area is 127 Å². The molecule has 0 saturated heterocycles. The van der Waals surface area contributed by atoms with Crippen LogP contribution in [-0.4, -0.2) is 44.0 Å². The first-order chi connectivity index (χ1) is 10.1. The van der Waals surface area contributed by atoms with E-state index in [0.717, 1.165) is 11.6 Å². The summed E-state index contributed by atoms with van der Waals surface area (Å²) in [7, 11) is -6.89. The lowest BCUT2D eigenvalue weighted by molar-refractivity contribution is 0.124. The van der Waals surface area contributed by atoms with E-state index in [-0.39, 0.29) is 0 Å². The Balaban J connectivity index is 2.38. The summed E-state index contributed by atoms with van der Waals surface area (Å²) in [6.45, 7) is -0.595. The Hall–Kier alpha value is -1.53. The second-order valence-corrected chi connectivity index (χ2v) is 7.28. The number of nitrogens with zero attached hydrogens (tertiary/aromatic N) is 2. The number of aryl methyl sites for hydroxylation is 1. The van der Waals surface area contributed by atoms with Gasteiger partial charge in [0.25, 0.3) is 10.1 Å². The van der Waals surface area contributed by atoms with Gasteiger partial charge in [-0.1, -0.05) is 12.1 Å². The first-order valence-corrected chi connectivity index (χ1v) is 9.15. The molecule has 9 nitrogen and oxygen atoms in total. The molecule has 0 amide bonds. The van der Waals surface area contributed by atoms with Gasteiger partial charge in [0.2, 0.25) is 0 Å². The third-order valence-corrected chi connectivity index (χ3v) is 3.86. The average Bonchev–Trinajstić information content (AvgIpc) is 2.74. The summed E-state index contributed by atoms with van der Waals surface area (Å²) in [6.07, 6.45) is 1.12. The van der Waals surface area contributed by atoms with Crippen molar-refractivity contribution in [1.29, 1.82) is 0 Å². The number of fused-ring (bicyclic) bond motifs is 1. The summed E-state index contributed by atoms with van der Waals surface area (Å²) >= 11 is 0. The minimum absolute atomic E-state index is 0.317. The van der Waals surface area contributed by atoms with Crippen molar-refractivity contribution in [3.8, 4) is 0 Å². The van der Waals surface area contributed by atoms with Gasteiger partial charge >= 0.3 is 10.4 Å². The van der Waals surface area contributed by atoms with Crippen LogP contribution in [0.15, 0.2) is 24.4 Å². The molecule has 0 saturated carbocycles. The highest BCUT2D eigenvalue weighted by atomic mass is 32.3. The van der Waals surface area contributed by atoms with Crippen molar-refractivity contribution >= 4 is 31.4 Å². The maximum atomic E-state index is 11.1. The topological polar surface area (TPSA) is 125 Å². The predicted molar refractivity (Wildman–Crippen MR) is 76.9 cm³/mol. The van der Waals surface area contributed by atoms with Crippen LogP contribution in [0.3, 0.4) is 0 Å². The van der Waals surface area contributed by atoms with Crippen LogP contribution in [-0.2, 0) is 35.9 Å². The molecule has 0 aliphatic rings. The summed E-state index contributed by atoms with van der Waals surface area (Å²) < 4.78 is 63.4.